The Morgan fingerprint density at radius 3 is 2.39 bits per heavy atom. The van der Waals surface area contributed by atoms with Crippen LogP contribution >= 0.6 is 0 Å². The minimum Gasteiger partial charge on any atom is -0.493 e. The van der Waals surface area contributed by atoms with Crippen molar-refractivity contribution in [3.8, 4) is 11.5 Å². The lowest BCUT2D eigenvalue weighted by Gasteiger charge is -2.48. The fourth-order valence-electron chi connectivity index (χ4n) is 5.88. The van der Waals surface area contributed by atoms with Crippen LogP contribution in [0.4, 0.5) is 0 Å². The van der Waals surface area contributed by atoms with Gasteiger partial charge in [0.15, 0.2) is 11.5 Å². The zero-order valence-corrected chi connectivity index (χ0v) is 23.4. The Morgan fingerprint density at radius 2 is 1.72 bits per heavy atom. The molecule has 0 unspecified atom stereocenters. The Balaban J connectivity index is 1.37. The van der Waals surface area contributed by atoms with E-state index in [1.807, 2.05) is 6.92 Å². The number of hydrogen-bond donors (Lipinski definition) is 0. The summed E-state index contributed by atoms with van der Waals surface area (Å²) in [6.45, 7) is 11.1. The van der Waals surface area contributed by atoms with Crippen molar-refractivity contribution in [2.75, 3.05) is 33.9 Å². The molecule has 0 aromatic heterocycles. The highest BCUT2D eigenvalue weighted by Crippen LogP contribution is 2.46. The minimum atomic E-state index is -3.73. The third-order valence-corrected chi connectivity index (χ3v) is 9.45. The van der Waals surface area contributed by atoms with Gasteiger partial charge in [-0.05, 0) is 85.3 Å². The van der Waals surface area contributed by atoms with Crippen molar-refractivity contribution >= 4 is 10.1 Å². The van der Waals surface area contributed by atoms with Crippen LogP contribution in [0.15, 0.2) is 41.3 Å². The first-order valence-electron chi connectivity index (χ1n) is 13.0. The summed E-state index contributed by atoms with van der Waals surface area (Å²) >= 11 is 0. The predicted octanol–water partition coefficient (Wildman–Crippen LogP) is 5.78. The van der Waals surface area contributed by atoms with E-state index in [1.165, 1.54) is 11.1 Å². The number of piperidine rings is 1. The van der Waals surface area contributed by atoms with Crippen LogP contribution in [-0.2, 0) is 20.7 Å². The average molecular weight is 516 g/mol. The second-order valence-electron chi connectivity index (χ2n) is 11.3. The van der Waals surface area contributed by atoms with Crippen LogP contribution in [0.2, 0.25) is 0 Å². The maximum absolute atomic E-state index is 12.6. The summed E-state index contributed by atoms with van der Waals surface area (Å²) in [4.78, 5) is 2.85. The van der Waals surface area contributed by atoms with Crippen molar-refractivity contribution in [3.05, 3.63) is 53.1 Å². The van der Waals surface area contributed by atoms with Gasteiger partial charge in [0.2, 0.25) is 0 Å². The SMILES string of the molecule is COc1cc2c(cc1OC)[C@H]1C[C@@H](C)[C@H](CC(C)(C)CCOS(=O)(=O)c3ccc(C)cc3)CN1CC2. The number of rotatable bonds is 9. The van der Waals surface area contributed by atoms with Crippen LogP contribution in [0.25, 0.3) is 0 Å². The quantitative estimate of drug-likeness (QED) is 0.395. The second-order valence-corrected chi connectivity index (χ2v) is 13.0. The topological polar surface area (TPSA) is 65.1 Å². The molecule has 0 aliphatic carbocycles. The molecule has 198 valence electrons. The molecular formula is C29H41NO5S. The molecule has 0 radical (unpaired) electrons. The van der Waals surface area contributed by atoms with Crippen molar-refractivity contribution in [3.63, 3.8) is 0 Å². The number of hydrogen-bond acceptors (Lipinski definition) is 6. The van der Waals surface area contributed by atoms with E-state index in [1.54, 1.807) is 38.5 Å². The fraction of sp³-hybridized carbons (Fsp3) is 0.586. The molecule has 1 fully saturated rings. The smallest absolute Gasteiger partial charge is 0.296 e. The van der Waals surface area contributed by atoms with Gasteiger partial charge in [-0.25, -0.2) is 0 Å². The summed E-state index contributed by atoms with van der Waals surface area (Å²) in [6.07, 6.45) is 3.87. The second kappa shape index (κ2) is 10.7. The number of nitrogens with zero attached hydrogens (tertiary/aromatic N) is 1. The molecule has 0 saturated carbocycles. The molecule has 2 aliphatic heterocycles. The molecule has 0 bridgehead atoms. The van der Waals surface area contributed by atoms with Gasteiger partial charge in [0, 0.05) is 19.1 Å². The van der Waals surface area contributed by atoms with Crippen LogP contribution in [0.1, 0.15) is 62.8 Å². The van der Waals surface area contributed by atoms with Gasteiger partial charge >= 0.3 is 0 Å². The fourth-order valence-corrected chi connectivity index (χ4v) is 6.79. The number of benzene rings is 2. The van der Waals surface area contributed by atoms with E-state index in [9.17, 15) is 8.42 Å². The van der Waals surface area contributed by atoms with E-state index in [0.717, 1.165) is 49.4 Å². The van der Waals surface area contributed by atoms with Crippen LogP contribution < -0.4 is 9.47 Å². The molecule has 1 saturated heterocycles. The highest BCUT2D eigenvalue weighted by atomic mass is 32.2. The molecule has 0 N–H and O–H groups in total. The van der Waals surface area contributed by atoms with Crippen LogP contribution in [-0.4, -0.2) is 47.2 Å². The third-order valence-electron chi connectivity index (χ3n) is 8.12. The molecule has 36 heavy (non-hydrogen) atoms. The third kappa shape index (κ3) is 5.90. The van der Waals surface area contributed by atoms with E-state index < -0.39 is 10.1 Å². The first kappa shape index (κ1) is 27.0. The van der Waals surface area contributed by atoms with E-state index in [-0.39, 0.29) is 16.9 Å². The summed E-state index contributed by atoms with van der Waals surface area (Å²) in [6, 6.07) is 11.5. The number of fused-ring (bicyclic) bond motifs is 3. The maximum atomic E-state index is 12.6. The van der Waals surface area contributed by atoms with Crippen molar-refractivity contribution in [2.24, 2.45) is 17.3 Å². The Labute approximate surface area is 217 Å². The van der Waals surface area contributed by atoms with Crippen molar-refractivity contribution < 1.29 is 22.1 Å². The number of ether oxygens (including phenoxy) is 2. The van der Waals surface area contributed by atoms with E-state index in [4.69, 9.17) is 13.7 Å². The molecule has 2 aliphatic rings. The molecule has 2 heterocycles. The van der Waals surface area contributed by atoms with E-state index >= 15 is 0 Å². The molecule has 4 rings (SSSR count). The van der Waals surface area contributed by atoms with Gasteiger partial charge in [0.1, 0.15) is 0 Å². The predicted molar refractivity (Wildman–Crippen MR) is 142 cm³/mol. The molecule has 7 heteroatoms. The van der Waals surface area contributed by atoms with Gasteiger partial charge in [-0.2, -0.15) is 8.42 Å². The van der Waals surface area contributed by atoms with Crippen molar-refractivity contribution in [1.82, 2.24) is 4.90 Å². The average Bonchev–Trinajstić information content (AvgIpc) is 2.83. The zero-order valence-electron chi connectivity index (χ0n) is 22.5. The Morgan fingerprint density at radius 1 is 1.06 bits per heavy atom. The lowest BCUT2D eigenvalue weighted by atomic mass is 9.71. The van der Waals surface area contributed by atoms with Gasteiger partial charge in [-0.1, -0.05) is 38.5 Å². The molecular weight excluding hydrogens is 474 g/mol. The lowest BCUT2D eigenvalue weighted by molar-refractivity contribution is 0.0357. The molecule has 2 aromatic carbocycles. The summed E-state index contributed by atoms with van der Waals surface area (Å²) in [5.74, 6) is 2.74. The molecule has 0 amide bonds. The first-order chi connectivity index (χ1) is 17.0. The van der Waals surface area contributed by atoms with Gasteiger partial charge in [-0.15, -0.1) is 0 Å². The normalized spacial score (nSPS) is 22.6. The molecule has 6 nitrogen and oxygen atoms in total. The minimum absolute atomic E-state index is 0.0150. The molecule has 2 aromatic rings. The number of aryl methyl sites for hydroxylation is 1. The van der Waals surface area contributed by atoms with Crippen LogP contribution in [0.5, 0.6) is 11.5 Å². The van der Waals surface area contributed by atoms with Crippen molar-refractivity contribution in [1.29, 1.82) is 0 Å². The van der Waals surface area contributed by atoms with Gasteiger partial charge in [-0.3, -0.25) is 9.08 Å². The summed E-state index contributed by atoms with van der Waals surface area (Å²) in [5, 5.41) is 0. The zero-order chi connectivity index (χ0) is 26.1. The highest BCUT2D eigenvalue weighted by Gasteiger charge is 2.39. The largest absolute Gasteiger partial charge is 0.493 e. The van der Waals surface area contributed by atoms with Crippen molar-refractivity contribution in [2.45, 2.75) is 64.3 Å². The Bertz CT molecular complexity index is 1160. The summed E-state index contributed by atoms with van der Waals surface area (Å²) in [5.41, 5.74) is 3.75. The molecule has 3 atom stereocenters. The molecule has 0 spiro atoms. The Kier molecular flexibility index (Phi) is 8.03. The standard InChI is InChI=1S/C29H41NO5S/c1-20-7-9-24(10-8-20)36(31,32)35-14-12-29(3,4)18-23-19-30-13-11-22-16-27(33-5)28(34-6)17-25(22)26(30)15-21(23)2/h7-10,16-17,21,23,26H,11-15,18-19H2,1-6H3/t21-,23-,26-/m1/s1. The summed E-state index contributed by atoms with van der Waals surface area (Å²) in [7, 11) is -0.337. The monoisotopic (exact) mass is 515 g/mol. The van der Waals surface area contributed by atoms with Gasteiger partial charge in [0.25, 0.3) is 10.1 Å². The summed E-state index contributed by atoms with van der Waals surface area (Å²) < 4.78 is 41.7. The van der Waals surface area contributed by atoms with Crippen LogP contribution in [0, 0.1) is 24.2 Å². The van der Waals surface area contributed by atoms with E-state index in [2.05, 4.69) is 37.8 Å². The first-order valence-corrected chi connectivity index (χ1v) is 14.4. The van der Waals surface area contributed by atoms with E-state index in [0.29, 0.717) is 24.3 Å². The van der Waals surface area contributed by atoms with Gasteiger partial charge < -0.3 is 9.47 Å². The van der Waals surface area contributed by atoms with Crippen LogP contribution in [0.3, 0.4) is 0 Å². The maximum Gasteiger partial charge on any atom is 0.296 e. The van der Waals surface area contributed by atoms with Gasteiger partial charge in [0.05, 0.1) is 25.7 Å². The highest BCUT2D eigenvalue weighted by molar-refractivity contribution is 7.86. The lowest BCUT2D eigenvalue weighted by Crippen LogP contribution is -2.46. The number of methoxy groups -OCH3 is 2. The Hall–Kier alpha value is -2.09.